The van der Waals surface area contributed by atoms with Crippen LogP contribution in [-0.2, 0) is 25.7 Å². The van der Waals surface area contributed by atoms with E-state index in [9.17, 15) is 19.2 Å². The van der Waals surface area contributed by atoms with Crippen LogP contribution in [0.5, 0.6) is 5.75 Å². The Kier molecular flexibility index (Phi) is 7.00. The maximum absolute atomic E-state index is 14.0. The second-order valence-electron chi connectivity index (χ2n) is 9.39. The molecule has 0 spiro atoms. The molecule has 6 rings (SSSR count). The number of aromatic nitrogens is 1. The van der Waals surface area contributed by atoms with E-state index in [4.69, 9.17) is 21.1 Å². The van der Waals surface area contributed by atoms with Crippen LogP contribution in [0.1, 0.15) is 16.4 Å². The van der Waals surface area contributed by atoms with Crippen molar-refractivity contribution < 1.29 is 23.9 Å². The van der Waals surface area contributed by atoms with Crippen LogP contribution in [0.2, 0.25) is 5.02 Å². The van der Waals surface area contributed by atoms with Gasteiger partial charge in [-0.15, -0.1) is 0 Å². The summed E-state index contributed by atoms with van der Waals surface area (Å²) in [6, 6.07) is 13.9. The molecule has 39 heavy (non-hydrogen) atoms. The number of carbonyl (C=O) groups excluding carboxylic acids is 3. The predicted octanol–water partition coefficient (Wildman–Crippen LogP) is 3.23. The maximum Gasteiger partial charge on any atom is 0.308 e. The molecule has 4 heterocycles. The number of halogens is 1. The first-order valence-corrected chi connectivity index (χ1v) is 14.5. The van der Waals surface area contributed by atoms with E-state index >= 15 is 0 Å². The molecule has 3 amide bonds. The molecule has 3 aliphatic rings. The highest BCUT2D eigenvalue weighted by atomic mass is 35.5. The predicted molar refractivity (Wildman–Crippen MR) is 148 cm³/mol. The first kappa shape index (κ1) is 26.1. The number of morpholine rings is 1. The second-order valence-corrected chi connectivity index (χ2v) is 11.9. The van der Waals surface area contributed by atoms with Crippen molar-refractivity contribution in [1.29, 1.82) is 0 Å². The Morgan fingerprint density at radius 1 is 1.05 bits per heavy atom. The van der Waals surface area contributed by atoms with Crippen molar-refractivity contribution in [2.45, 2.75) is 22.7 Å². The van der Waals surface area contributed by atoms with Gasteiger partial charge in [0, 0.05) is 34.5 Å². The summed E-state index contributed by atoms with van der Waals surface area (Å²) in [5.41, 5.74) is 1.15. The van der Waals surface area contributed by atoms with Gasteiger partial charge < -0.3 is 14.4 Å². The lowest BCUT2D eigenvalue weighted by Gasteiger charge is -2.32. The highest BCUT2D eigenvalue weighted by molar-refractivity contribution is 8.00. The van der Waals surface area contributed by atoms with E-state index in [1.54, 1.807) is 42.3 Å². The van der Waals surface area contributed by atoms with Gasteiger partial charge in [-0.05, 0) is 30.3 Å². The summed E-state index contributed by atoms with van der Waals surface area (Å²) in [4.78, 5) is 57.4. The molecular formula is C27H24ClN3O6S2. The number of hydrogen-bond donors (Lipinski definition) is 0. The summed E-state index contributed by atoms with van der Waals surface area (Å²) in [5.74, 6) is -1.71. The summed E-state index contributed by atoms with van der Waals surface area (Å²) in [6.45, 7) is 1.69. The Labute approximate surface area is 237 Å². The van der Waals surface area contributed by atoms with E-state index in [1.165, 1.54) is 21.2 Å². The molecule has 0 unspecified atom stereocenters. The molecule has 3 aliphatic heterocycles. The van der Waals surface area contributed by atoms with E-state index in [-0.39, 0.29) is 29.1 Å². The lowest BCUT2D eigenvalue weighted by atomic mass is 9.82. The van der Waals surface area contributed by atoms with Crippen LogP contribution in [-0.4, -0.2) is 65.9 Å². The summed E-state index contributed by atoms with van der Waals surface area (Å²) in [7, 11) is 1.55. The Balaban J connectivity index is 1.46. The monoisotopic (exact) mass is 585 g/mol. The van der Waals surface area contributed by atoms with Crippen LogP contribution in [0.4, 0.5) is 5.69 Å². The minimum atomic E-state index is -0.783. The lowest BCUT2D eigenvalue weighted by Crippen LogP contribution is -2.43. The molecule has 9 nitrogen and oxygen atoms in total. The summed E-state index contributed by atoms with van der Waals surface area (Å²) < 4.78 is 12.4. The van der Waals surface area contributed by atoms with Gasteiger partial charge in [-0.1, -0.05) is 52.9 Å². The SMILES string of the molecule is COc1ccccc1[C@@H]1c2sc(=O)n(CC(=O)N3CCOCC3)c2S[C@H]2C(=O)N(c3ccc(Cl)cc3)C(=O)[C@@H]12. The number of imide groups is 1. The number of nitrogens with zero attached hydrogens (tertiary/aromatic N) is 3. The molecular weight excluding hydrogens is 562 g/mol. The number of rotatable bonds is 5. The topological polar surface area (TPSA) is 98.2 Å². The fraction of sp³-hybridized carbons (Fsp3) is 0.333. The maximum atomic E-state index is 14.0. The molecule has 3 atom stereocenters. The van der Waals surface area contributed by atoms with Gasteiger partial charge in [-0.3, -0.25) is 23.7 Å². The first-order chi connectivity index (χ1) is 18.9. The van der Waals surface area contributed by atoms with Crippen molar-refractivity contribution in [3.63, 3.8) is 0 Å². The standard InChI is InChI=1S/C27H24ClN3O6S2/c1-36-18-5-3-2-4-17(18)20-21-22(25(34)31(24(21)33)16-8-6-15(28)7-9-16)38-26-23(20)39-27(35)30(26)14-19(32)29-10-12-37-13-11-29/h2-9,20-22H,10-14H2,1H3/t20-,21-,22+/m0/s1. The third kappa shape index (κ3) is 4.47. The zero-order valence-corrected chi connectivity index (χ0v) is 23.3. The average molecular weight is 586 g/mol. The van der Waals surface area contributed by atoms with E-state index < -0.39 is 17.1 Å². The number of thioether (sulfide) groups is 1. The van der Waals surface area contributed by atoms with Crippen LogP contribution in [0.15, 0.2) is 58.4 Å². The number of hydrogen-bond acceptors (Lipinski definition) is 8. The van der Waals surface area contributed by atoms with E-state index in [0.717, 1.165) is 11.3 Å². The fourth-order valence-corrected chi connectivity index (χ4v) is 8.30. The molecule has 0 aliphatic carbocycles. The van der Waals surface area contributed by atoms with Crippen molar-refractivity contribution in [1.82, 2.24) is 9.47 Å². The van der Waals surface area contributed by atoms with Crippen molar-refractivity contribution in [3.8, 4) is 5.75 Å². The van der Waals surface area contributed by atoms with Gasteiger partial charge in [0.05, 0.1) is 37.0 Å². The van der Waals surface area contributed by atoms with Gasteiger partial charge >= 0.3 is 4.87 Å². The minimum Gasteiger partial charge on any atom is -0.496 e. The average Bonchev–Trinajstić information content (AvgIpc) is 3.40. The van der Waals surface area contributed by atoms with Gasteiger partial charge in [0.1, 0.15) is 17.5 Å². The van der Waals surface area contributed by atoms with Gasteiger partial charge in [-0.25, -0.2) is 4.90 Å². The van der Waals surface area contributed by atoms with Crippen LogP contribution < -0.4 is 14.5 Å². The number of methoxy groups -OCH3 is 1. The molecule has 0 N–H and O–H groups in total. The Hall–Kier alpha value is -3.12. The number of ether oxygens (including phenoxy) is 2. The number of para-hydroxylation sites is 1. The number of benzene rings is 2. The zero-order valence-electron chi connectivity index (χ0n) is 20.9. The van der Waals surface area contributed by atoms with Crippen molar-refractivity contribution in [2.24, 2.45) is 5.92 Å². The molecule has 2 saturated heterocycles. The van der Waals surface area contributed by atoms with Crippen molar-refractivity contribution >= 4 is 58.1 Å². The largest absolute Gasteiger partial charge is 0.496 e. The van der Waals surface area contributed by atoms with Crippen LogP contribution >= 0.6 is 34.7 Å². The van der Waals surface area contributed by atoms with Crippen molar-refractivity contribution in [2.75, 3.05) is 38.3 Å². The van der Waals surface area contributed by atoms with Gasteiger partial charge in [0.25, 0.3) is 0 Å². The van der Waals surface area contributed by atoms with Gasteiger partial charge in [0.2, 0.25) is 17.7 Å². The van der Waals surface area contributed by atoms with Crippen molar-refractivity contribution in [3.05, 3.63) is 73.7 Å². The fourth-order valence-electron chi connectivity index (χ4n) is 5.41. The number of anilines is 1. The second kappa shape index (κ2) is 10.5. The first-order valence-electron chi connectivity index (χ1n) is 12.4. The highest BCUT2D eigenvalue weighted by Crippen LogP contribution is 2.55. The molecule has 0 bridgehead atoms. The van der Waals surface area contributed by atoms with E-state index in [0.29, 0.717) is 58.2 Å². The number of carbonyl (C=O) groups is 3. The smallest absolute Gasteiger partial charge is 0.308 e. The minimum absolute atomic E-state index is 0.142. The third-order valence-electron chi connectivity index (χ3n) is 7.27. The zero-order chi connectivity index (χ0) is 27.3. The van der Waals surface area contributed by atoms with Gasteiger partial charge in [-0.2, -0.15) is 0 Å². The number of thiazole rings is 1. The summed E-state index contributed by atoms with van der Waals surface area (Å²) in [5, 5.41) is 0.255. The Morgan fingerprint density at radius 3 is 2.49 bits per heavy atom. The Bertz CT molecular complexity index is 1510. The third-order valence-corrected chi connectivity index (χ3v) is 10.1. The number of fused-ring (bicyclic) bond motifs is 2. The van der Waals surface area contributed by atoms with Gasteiger partial charge in [0.15, 0.2) is 0 Å². The molecule has 2 fully saturated rings. The van der Waals surface area contributed by atoms with Crippen LogP contribution in [0, 0.1) is 5.92 Å². The molecule has 0 radical (unpaired) electrons. The normalized spacial score (nSPS) is 22.6. The summed E-state index contributed by atoms with van der Waals surface area (Å²) >= 11 is 8.25. The quantitative estimate of drug-likeness (QED) is 0.424. The highest BCUT2D eigenvalue weighted by Gasteiger charge is 2.57. The Morgan fingerprint density at radius 2 is 1.77 bits per heavy atom. The van der Waals surface area contributed by atoms with Crippen LogP contribution in [0.25, 0.3) is 0 Å². The van der Waals surface area contributed by atoms with E-state index in [2.05, 4.69) is 0 Å². The summed E-state index contributed by atoms with van der Waals surface area (Å²) in [6.07, 6.45) is 0. The van der Waals surface area contributed by atoms with Crippen LogP contribution in [0.3, 0.4) is 0 Å². The molecule has 3 aromatic rings. The molecule has 202 valence electrons. The molecule has 2 aromatic carbocycles. The lowest BCUT2D eigenvalue weighted by molar-refractivity contribution is -0.136. The molecule has 0 saturated carbocycles. The molecule has 12 heteroatoms. The molecule has 1 aromatic heterocycles. The number of amides is 3. The van der Waals surface area contributed by atoms with E-state index in [1.807, 2.05) is 18.2 Å².